The quantitative estimate of drug-likeness (QED) is 0.529. The molecule has 0 aliphatic heterocycles. The first-order valence-corrected chi connectivity index (χ1v) is 8.93. The molecule has 1 heterocycles. The number of nitrogens with zero attached hydrogens (tertiary/aromatic N) is 2. The first kappa shape index (κ1) is 17.8. The zero-order chi connectivity index (χ0) is 19.5. The minimum Gasteiger partial charge on any atom is -0.493 e. The number of carbonyl (C=O) groups excluding carboxylic acids is 1. The highest BCUT2D eigenvalue weighted by atomic mass is 16.5. The second-order valence-electron chi connectivity index (χ2n) is 6.36. The van der Waals surface area contributed by atoms with Crippen molar-refractivity contribution < 1.29 is 14.3 Å². The summed E-state index contributed by atoms with van der Waals surface area (Å²) < 4.78 is 10.6. The maximum absolute atomic E-state index is 12.6. The Bertz CT molecular complexity index is 1060. The number of aryl methyl sites for hydroxylation is 1. The number of hydrogen-bond donors (Lipinski definition) is 2. The van der Waals surface area contributed by atoms with Crippen molar-refractivity contribution in [2.24, 2.45) is 5.10 Å². The predicted octanol–water partition coefficient (Wildman–Crippen LogP) is 2.96. The van der Waals surface area contributed by atoms with Crippen LogP contribution in [0.2, 0.25) is 0 Å². The van der Waals surface area contributed by atoms with E-state index < -0.39 is 0 Å². The third-order valence-electron chi connectivity index (χ3n) is 4.81. The van der Waals surface area contributed by atoms with Gasteiger partial charge < -0.3 is 9.47 Å². The molecule has 0 bridgehead atoms. The standard InChI is InChI=1S/C21H20N4O3/c1-27-17-9-5-7-14(20(17)28-2)12-22-25-21(26)19-16-11-10-13-6-3-4-8-15(13)18(16)23-24-19/h3-9,12H,10-11H2,1-2H3,(H,23,24)(H,25,26). The molecule has 142 valence electrons. The SMILES string of the molecule is COc1cccc(C=NNC(=O)c2[nH]nc3c2CCc2ccccc2-3)c1OC. The number of aromatic nitrogens is 2. The number of methoxy groups -OCH3 is 2. The monoisotopic (exact) mass is 376 g/mol. The molecule has 28 heavy (non-hydrogen) atoms. The number of nitrogens with one attached hydrogen (secondary N) is 2. The van der Waals surface area contributed by atoms with Gasteiger partial charge in [-0.3, -0.25) is 9.89 Å². The molecule has 1 aliphatic rings. The van der Waals surface area contributed by atoms with Crippen LogP contribution in [-0.2, 0) is 12.8 Å². The van der Waals surface area contributed by atoms with E-state index in [1.807, 2.05) is 30.3 Å². The Morgan fingerprint density at radius 2 is 2.00 bits per heavy atom. The van der Waals surface area contributed by atoms with E-state index in [2.05, 4.69) is 26.8 Å². The highest BCUT2D eigenvalue weighted by molar-refractivity contribution is 5.96. The van der Waals surface area contributed by atoms with Crippen molar-refractivity contribution in [2.45, 2.75) is 12.8 Å². The molecule has 0 unspecified atom stereocenters. The number of amides is 1. The van der Waals surface area contributed by atoms with Crippen LogP contribution in [0.1, 0.15) is 27.2 Å². The lowest BCUT2D eigenvalue weighted by atomic mass is 9.89. The van der Waals surface area contributed by atoms with E-state index in [9.17, 15) is 4.79 Å². The van der Waals surface area contributed by atoms with E-state index in [1.54, 1.807) is 20.3 Å². The molecule has 0 saturated carbocycles. The molecule has 1 amide bonds. The second-order valence-corrected chi connectivity index (χ2v) is 6.36. The van der Waals surface area contributed by atoms with Gasteiger partial charge in [0.2, 0.25) is 0 Å². The van der Waals surface area contributed by atoms with Crippen LogP contribution in [0.5, 0.6) is 11.5 Å². The van der Waals surface area contributed by atoms with Crippen LogP contribution in [0, 0.1) is 0 Å². The van der Waals surface area contributed by atoms with Crippen LogP contribution in [0.15, 0.2) is 47.6 Å². The number of benzene rings is 2. The first-order valence-electron chi connectivity index (χ1n) is 8.93. The average Bonchev–Trinajstić information content (AvgIpc) is 3.18. The Labute approximate surface area is 162 Å². The topological polar surface area (TPSA) is 88.6 Å². The maximum Gasteiger partial charge on any atom is 0.289 e. The number of fused-ring (bicyclic) bond motifs is 3. The average molecular weight is 376 g/mol. The largest absolute Gasteiger partial charge is 0.493 e. The zero-order valence-electron chi connectivity index (χ0n) is 15.7. The molecule has 3 aromatic rings. The molecular formula is C21H20N4O3. The Kier molecular flexibility index (Phi) is 4.80. The summed E-state index contributed by atoms with van der Waals surface area (Å²) in [6.07, 6.45) is 3.17. The van der Waals surface area contributed by atoms with Crippen molar-refractivity contribution in [3.05, 3.63) is 64.8 Å². The number of carbonyl (C=O) groups is 1. The number of hydrogen-bond acceptors (Lipinski definition) is 5. The lowest BCUT2D eigenvalue weighted by Gasteiger charge is -2.15. The van der Waals surface area contributed by atoms with Crippen LogP contribution in [0.4, 0.5) is 0 Å². The van der Waals surface area contributed by atoms with Gasteiger partial charge in [0.15, 0.2) is 11.5 Å². The number of aromatic amines is 1. The smallest absolute Gasteiger partial charge is 0.289 e. The van der Waals surface area contributed by atoms with E-state index in [1.165, 1.54) is 11.8 Å². The molecule has 4 rings (SSSR count). The van der Waals surface area contributed by atoms with Gasteiger partial charge in [0.1, 0.15) is 5.69 Å². The molecule has 7 nitrogen and oxygen atoms in total. The van der Waals surface area contributed by atoms with E-state index in [4.69, 9.17) is 9.47 Å². The normalized spacial score (nSPS) is 12.4. The van der Waals surface area contributed by atoms with Gasteiger partial charge in [0, 0.05) is 16.7 Å². The fourth-order valence-corrected chi connectivity index (χ4v) is 3.48. The molecular weight excluding hydrogens is 356 g/mol. The summed E-state index contributed by atoms with van der Waals surface area (Å²) in [4.78, 5) is 12.6. The van der Waals surface area contributed by atoms with Crippen molar-refractivity contribution in [1.29, 1.82) is 0 Å². The van der Waals surface area contributed by atoms with Gasteiger partial charge in [0.25, 0.3) is 5.91 Å². The summed E-state index contributed by atoms with van der Waals surface area (Å²) in [5, 5.41) is 11.3. The van der Waals surface area contributed by atoms with E-state index in [0.717, 1.165) is 29.7 Å². The Balaban J connectivity index is 1.54. The van der Waals surface area contributed by atoms with Crippen LogP contribution in [0.25, 0.3) is 11.3 Å². The van der Waals surface area contributed by atoms with Gasteiger partial charge in [-0.1, -0.05) is 30.3 Å². The predicted molar refractivity (Wildman–Crippen MR) is 106 cm³/mol. The molecule has 7 heteroatoms. The highest BCUT2D eigenvalue weighted by Crippen LogP contribution is 2.33. The fourth-order valence-electron chi connectivity index (χ4n) is 3.48. The van der Waals surface area contributed by atoms with Gasteiger partial charge in [-0.15, -0.1) is 0 Å². The summed E-state index contributed by atoms with van der Waals surface area (Å²) in [5.41, 5.74) is 7.78. The van der Waals surface area contributed by atoms with Crippen molar-refractivity contribution in [3.63, 3.8) is 0 Å². The van der Waals surface area contributed by atoms with E-state index in [0.29, 0.717) is 22.8 Å². The number of para-hydroxylation sites is 1. The first-order chi connectivity index (χ1) is 13.7. The molecule has 1 aromatic heterocycles. The van der Waals surface area contributed by atoms with Gasteiger partial charge in [0.05, 0.1) is 26.1 Å². The molecule has 2 N–H and O–H groups in total. The molecule has 0 radical (unpaired) electrons. The lowest BCUT2D eigenvalue weighted by Crippen LogP contribution is -2.20. The van der Waals surface area contributed by atoms with Crippen molar-refractivity contribution in [2.75, 3.05) is 14.2 Å². The van der Waals surface area contributed by atoms with E-state index in [-0.39, 0.29) is 5.91 Å². The molecule has 2 aromatic carbocycles. The molecule has 0 atom stereocenters. The summed E-state index contributed by atoms with van der Waals surface area (Å²) in [6.45, 7) is 0. The molecule has 1 aliphatic carbocycles. The maximum atomic E-state index is 12.6. The minimum atomic E-state index is -0.328. The third kappa shape index (κ3) is 3.11. The van der Waals surface area contributed by atoms with Crippen LogP contribution in [0.3, 0.4) is 0 Å². The Morgan fingerprint density at radius 1 is 1.14 bits per heavy atom. The number of H-pyrrole nitrogens is 1. The summed E-state index contributed by atoms with van der Waals surface area (Å²) in [7, 11) is 3.13. The van der Waals surface area contributed by atoms with Crippen molar-refractivity contribution in [1.82, 2.24) is 15.6 Å². The van der Waals surface area contributed by atoms with Crippen LogP contribution >= 0.6 is 0 Å². The summed E-state index contributed by atoms with van der Waals surface area (Å²) >= 11 is 0. The Morgan fingerprint density at radius 3 is 2.82 bits per heavy atom. The second kappa shape index (κ2) is 7.56. The molecule has 0 spiro atoms. The highest BCUT2D eigenvalue weighted by Gasteiger charge is 2.24. The van der Waals surface area contributed by atoms with Crippen LogP contribution < -0.4 is 14.9 Å². The van der Waals surface area contributed by atoms with Gasteiger partial charge >= 0.3 is 0 Å². The van der Waals surface area contributed by atoms with E-state index >= 15 is 0 Å². The van der Waals surface area contributed by atoms with Gasteiger partial charge in [-0.2, -0.15) is 10.2 Å². The summed E-state index contributed by atoms with van der Waals surface area (Å²) in [5.74, 6) is 0.823. The number of hydrazone groups is 1. The lowest BCUT2D eigenvalue weighted by molar-refractivity contribution is 0.0949. The molecule has 0 saturated heterocycles. The van der Waals surface area contributed by atoms with Crippen LogP contribution in [-0.4, -0.2) is 36.5 Å². The van der Waals surface area contributed by atoms with Gasteiger partial charge in [-0.05, 0) is 30.5 Å². The minimum absolute atomic E-state index is 0.328. The van der Waals surface area contributed by atoms with Crippen molar-refractivity contribution in [3.8, 4) is 22.8 Å². The molecule has 0 fully saturated rings. The van der Waals surface area contributed by atoms with Gasteiger partial charge in [-0.25, -0.2) is 5.43 Å². The number of ether oxygens (including phenoxy) is 2. The third-order valence-corrected chi connectivity index (χ3v) is 4.81. The fraction of sp³-hybridized carbons (Fsp3) is 0.190. The summed E-state index contributed by atoms with van der Waals surface area (Å²) in [6, 6.07) is 13.6. The Hall–Kier alpha value is -3.61. The van der Waals surface area contributed by atoms with Crippen molar-refractivity contribution >= 4 is 12.1 Å². The zero-order valence-corrected chi connectivity index (χ0v) is 15.7. The number of rotatable bonds is 5.